The molecule has 0 bridgehead atoms. The number of aliphatic carboxylic acids is 1. The van der Waals surface area contributed by atoms with E-state index in [1.54, 1.807) is 0 Å². The lowest BCUT2D eigenvalue weighted by atomic mass is 10.1. The number of carbonyl (C=O) groups is 2. The molecule has 0 saturated carbocycles. The van der Waals surface area contributed by atoms with Crippen LogP contribution >= 0.6 is 0 Å². The number of halogens is 1. The molecule has 0 aliphatic carbocycles. The number of esters is 1. The standard InChI is InChI=1S/C13H14FNO6S/c1-21-13(18)10-3-2-9(14)6-11(10)22(19,20)15-5-4-8(7-15)12(16)17/h2-3,6,8H,4-5,7H2,1H3,(H,16,17). The number of carboxylic acid groups (broad SMARTS) is 1. The number of hydrogen-bond donors (Lipinski definition) is 1. The second-order valence-corrected chi connectivity index (χ2v) is 6.73. The smallest absolute Gasteiger partial charge is 0.339 e. The Bertz CT molecular complexity index is 717. The second-order valence-electron chi connectivity index (χ2n) is 4.82. The van der Waals surface area contributed by atoms with Gasteiger partial charge in [-0.2, -0.15) is 4.31 Å². The third kappa shape index (κ3) is 2.95. The maximum absolute atomic E-state index is 13.4. The van der Waals surface area contributed by atoms with Crippen molar-refractivity contribution in [1.29, 1.82) is 0 Å². The Labute approximate surface area is 126 Å². The van der Waals surface area contributed by atoms with Gasteiger partial charge in [-0.05, 0) is 24.6 Å². The van der Waals surface area contributed by atoms with E-state index >= 15 is 0 Å². The molecule has 1 unspecified atom stereocenters. The van der Waals surface area contributed by atoms with Crippen LogP contribution in [0.2, 0.25) is 0 Å². The largest absolute Gasteiger partial charge is 0.481 e. The fourth-order valence-corrected chi connectivity index (χ4v) is 3.97. The van der Waals surface area contributed by atoms with Crippen molar-refractivity contribution in [3.05, 3.63) is 29.6 Å². The van der Waals surface area contributed by atoms with Crippen molar-refractivity contribution in [2.45, 2.75) is 11.3 Å². The van der Waals surface area contributed by atoms with Gasteiger partial charge in [-0.15, -0.1) is 0 Å². The highest BCUT2D eigenvalue weighted by Crippen LogP contribution is 2.27. The lowest BCUT2D eigenvalue weighted by Crippen LogP contribution is -2.31. The van der Waals surface area contributed by atoms with Crippen LogP contribution in [0.5, 0.6) is 0 Å². The molecule has 22 heavy (non-hydrogen) atoms. The Morgan fingerprint density at radius 1 is 1.41 bits per heavy atom. The predicted molar refractivity (Wildman–Crippen MR) is 72.2 cm³/mol. The molecule has 120 valence electrons. The zero-order valence-corrected chi connectivity index (χ0v) is 12.5. The number of carboxylic acids is 1. The lowest BCUT2D eigenvalue weighted by molar-refractivity contribution is -0.141. The van der Waals surface area contributed by atoms with Gasteiger partial charge in [0, 0.05) is 13.1 Å². The first kappa shape index (κ1) is 16.4. The van der Waals surface area contributed by atoms with Crippen molar-refractivity contribution < 1.29 is 32.2 Å². The van der Waals surface area contributed by atoms with Gasteiger partial charge in [0.15, 0.2) is 0 Å². The number of ether oxygens (including phenoxy) is 1. The summed E-state index contributed by atoms with van der Waals surface area (Å²) in [6, 6.07) is 2.71. The molecule has 1 heterocycles. The van der Waals surface area contributed by atoms with E-state index in [9.17, 15) is 22.4 Å². The first-order valence-corrected chi connectivity index (χ1v) is 7.82. The van der Waals surface area contributed by atoms with Gasteiger partial charge in [-0.3, -0.25) is 4.79 Å². The zero-order chi connectivity index (χ0) is 16.5. The SMILES string of the molecule is COC(=O)c1ccc(F)cc1S(=O)(=O)N1CCC(C(=O)O)C1. The molecular weight excluding hydrogens is 317 g/mol. The normalized spacial score (nSPS) is 19.1. The molecule has 1 fully saturated rings. The minimum atomic E-state index is -4.18. The Balaban J connectivity index is 2.44. The summed E-state index contributed by atoms with van der Waals surface area (Å²) in [7, 11) is -3.10. The van der Waals surface area contributed by atoms with Crippen molar-refractivity contribution in [2.24, 2.45) is 5.92 Å². The van der Waals surface area contributed by atoms with Crippen molar-refractivity contribution in [2.75, 3.05) is 20.2 Å². The monoisotopic (exact) mass is 331 g/mol. The van der Waals surface area contributed by atoms with E-state index in [-0.39, 0.29) is 25.1 Å². The summed E-state index contributed by atoms with van der Waals surface area (Å²) < 4.78 is 43.9. The van der Waals surface area contributed by atoms with Gasteiger partial charge in [-0.1, -0.05) is 0 Å². The lowest BCUT2D eigenvalue weighted by Gasteiger charge is -2.17. The molecule has 7 nitrogen and oxygen atoms in total. The Morgan fingerprint density at radius 2 is 2.09 bits per heavy atom. The minimum absolute atomic E-state index is 0.00355. The molecule has 1 atom stereocenters. The fourth-order valence-electron chi connectivity index (χ4n) is 2.28. The van der Waals surface area contributed by atoms with Gasteiger partial charge in [0.1, 0.15) is 5.82 Å². The molecule has 1 N–H and O–H groups in total. The van der Waals surface area contributed by atoms with Gasteiger partial charge in [0.25, 0.3) is 0 Å². The average molecular weight is 331 g/mol. The first-order valence-electron chi connectivity index (χ1n) is 6.38. The van der Waals surface area contributed by atoms with Crippen LogP contribution in [0.1, 0.15) is 16.8 Å². The summed E-state index contributed by atoms with van der Waals surface area (Å²) >= 11 is 0. The highest BCUT2D eigenvalue weighted by Gasteiger charge is 2.37. The number of carbonyl (C=O) groups excluding carboxylic acids is 1. The number of rotatable bonds is 4. The maximum atomic E-state index is 13.4. The maximum Gasteiger partial charge on any atom is 0.339 e. The van der Waals surface area contributed by atoms with Gasteiger partial charge >= 0.3 is 11.9 Å². The molecular formula is C13H14FNO6S. The third-order valence-corrected chi connectivity index (χ3v) is 5.37. The number of nitrogens with zero attached hydrogens (tertiary/aromatic N) is 1. The number of methoxy groups -OCH3 is 1. The van der Waals surface area contributed by atoms with Crippen molar-refractivity contribution >= 4 is 22.0 Å². The van der Waals surface area contributed by atoms with E-state index in [0.29, 0.717) is 0 Å². The van der Waals surface area contributed by atoms with Crippen LogP contribution in [0.15, 0.2) is 23.1 Å². The summed E-state index contributed by atoms with van der Waals surface area (Å²) in [6.45, 7) is -0.217. The van der Waals surface area contributed by atoms with Crippen LogP contribution in [-0.4, -0.2) is 50.0 Å². The molecule has 0 amide bonds. The predicted octanol–water partition coefficient (Wildman–Crippen LogP) is 0.708. The van der Waals surface area contributed by atoms with Crippen molar-refractivity contribution in [1.82, 2.24) is 4.31 Å². The second kappa shape index (κ2) is 6.01. The van der Waals surface area contributed by atoms with Gasteiger partial charge in [-0.25, -0.2) is 17.6 Å². The van der Waals surface area contributed by atoms with Crippen LogP contribution in [0.25, 0.3) is 0 Å². The molecule has 9 heteroatoms. The number of sulfonamides is 1. The molecule has 1 aliphatic heterocycles. The summed E-state index contributed by atoms with van der Waals surface area (Å²) in [4.78, 5) is 22.1. The van der Waals surface area contributed by atoms with Crippen LogP contribution < -0.4 is 0 Å². The zero-order valence-electron chi connectivity index (χ0n) is 11.7. The summed E-state index contributed by atoms with van der Waals surface area (Å²) in [5.74, 6) is -3.64. The van der Waals surface area contributed by atoms with Crippen LogP contribution in [0.4, 0.5) is 4.39 Å². The molecule has 0 radical (unpaired) electrons. The van der Waals surface area contributed by atoms with E-state index in [1.165, 1.54) is 0 Å². The molecule has 1 aromatic carbocycles. The van der Waals surface area contributed by atoms with E-state index in [1.807, 2.05) is 0 Å². The molecule has 0 spiro atoms. The summed E-state index contributed by atoms with van der Waals surface area (Å²) in [5.41, 5.74) is -0.289. The van der Waals surface area contributed by atoms with Crippen LogP contribution in [-0.2, 0) is 19.6 Å². The van der Waals surface area contributed by atoms with Gasteiger partial charge in [0.05, 0.1) is 23.5 Å². The number of hydrogen-bond acceptors (Lipinski definition) is 5. The van der Waals surface area contributed by atoms with Crippen molar-refractivity contribution in [3.63, 3.8) is 0 Å². The van der Waals surface area contributed by atoms with E-state index in [4.69, 9.17) is 5.11 Å². The highest BCUT2D eigenvalue weighted by atomic mass is 32.2. The minimum Gasteiger partial charge on any atom is -0.481 e. The summed E-state index contributed by atoms with van der Waals surface area (Å²) in [6.07, 6.45) is 0.164. The van der Waals surface area contributed by atoms with E-state index < -0.39 is 38.6 Å². The quantitative estimate of drug-likeness (QED) is 0.815. The molecule has 1 aromatic rings. The van der Waals surface area contributed by atoms with E-state index in [2.05, 4.69) is 4.74 Å². The first-order chi connectivity index (χ1) is 10.3. The van der Waals surface area contributed by atoms with Crippen molar-refractivity contribution in [3.8, 4) is 0 Å². The number of benzene rings is 1. The molecule has 1 aliphatic rings. The molecule has 1 saturated heterocycles. The Hall–Kier alpha value is -2.00. The fraction of sp³-hybridized carbons (Fsp3) is 0.385. The Kier molecular flexibility index (Phi) is 4.47. The Morgan fingerprint density at radius 3 is 2.64 bits per heavy atom. The van der Waals surface area contributed by atoms with Crippen LogP contribution in [0.3, 0.4) is 0 Å². The molecule has 0 aromatic heterocycles. The van der Waals surface area contributed by atoms with Crippen LogP contribution in [0, 0.1) is 11.7 Å². The molecule has 2 rings (SSSR count). The topological polar surface area (TPSA) is 101 Å². The van der Waals surface area contributed by atoms with E-state index in [0.717, 1.165) is 29.6 Å². The summed E-state index contributed by atoms with van der Waals surface area (Å²) in [5, 5.41) is 8.94. The highest BCUT2D eigenvalue weighted by molar-refractivity contribution is 7.89. The van der Waals surface area contributed by atoms with Gasteiger partial charge < -0.3 is 9.84 Å². The average Bonchev–Trinajstić information content (AvgIpc) is 2.97. The van der Waals surface area contributed by atoms with Gasteiger partial charge in [0.2, 0.25) is 10.0 Å². The third-order valence-electron chi connectivity index (χ3n) is 3.47.